The molecule has 0 aliphatic carbocycles. The molecule has 1 fully saturated rings. The van der Waals surface area contributed by atoms with E-state index in [9.17, 15) is 35.5 Å². The second kappa shape index (κ2) is 7.20. The van der Waals surface area contributed by atoms with Crippen LogP contribution in [0.5, 0.6) is 0 Å². The number of pyridine rings is 1. The molecule has 1 saturated heterocycles. The quantitative estimate of drug-likeness (QED) is 0.685. The SMILES string of the molecule is CN(C(=O)C1CCN1c1cc(C(F)(F)F)cc(C(F)(F)F)n1)c1ccc(F)cc1. The maximum Gasteiger partial charge on any atom is 0.433 e. The summed E-state index contributed by atoms with van der Waals surface area (Å²) in [5.74, 6) is -1.66. The van der Waals surface area contributed by atoms with Crippen molar-refractivity contribution in [2.24, 2.45) is 0 Å². The molecule has 0 N–H and O–H groups in total. The van der Waals surface area contributed by atoms with E-state index in [4.69, 9.17) is 0 Å². The average molecular weight is 421 g/mol. The van der Waals surface area contributed by atoms with Gasteiger partial charge in [0, 0.05) is 19.3 Å². The number of carbonyl (C=O) groups excluding carboxylic acids is 1. The standard InChI is InChI=1S/C18H14F7N3O/c1-27(12-4-2-11(19)3-5-12)16(29)13-6-7-28(13)15-9-10(17(20,21)22)8-14(26-15)18(23,24)25/h2-5,8-9,13H,6-7H2,1H3. The lowest BCUT2D eigenvalue weighted by molar-refractivity contribution is -0.145. The zero-order valence-corrected chi connectivity index (χ0v) is 14.9. The molecule has 0 bridgehead atoms. The Morgan fingerprint density at radius 1 is 1.07 bits per heavy atom. The Labute approximate surface area is 160 Å². The van der Waals surface area contributed by atoms with Gasteiger partial charge in [-0.1, -0.05) is 0 Å². The monoisotopic (exact) mass is 421 g/mol. The topological polar surface area (TPSA) is 36.4 Å². The van der Waals surface area contributed by atoms with Gasteiger partial charge in [0.05, 0.1) is 5.56 Å². The number of carbonyl (C=O) groups is 1. The molecule has 156 valence electrons. The van der Waals surface area contributed by atoms with E-state index in [1.807, 2.05) is 0 Å². The van der Waals surface area contributed by atoms with Crippen molar-refractivity contribution in [1.29, 1.82) is 0 Å². The minimum Gasteiger partial charge on any atom is -0.344 e. The Morgan fingerprint density at radius 3 is 2.17 bits per heavy atom. The van der Waals surface area contributed by atoms with Crippen molar-refractivity contribution in [3.63, 3.8) is 0 Å². The van der Waals surface area contributed by atoms with Crippen molar-refractivity contribution < 1.29 is 35.5 Å². The molecule has 4 nitrogen and oxygen atoms in total. The van der Waals surface area contributed by atoms with Crippen LogP contribution in [0, 0.1) is 5.82 Å². The first kappa shape index (κ1) is 20.9. The summed E-state index contributed by atoms with van der Waals surface area (Å²) in [7, 11) is 1.38. The van der Waals surface area contributed by atoms with E-state index in [0.717, 1.165) is 21.9 Å². The van der Waals surface area contributed by atoms with Gasteiger partial charge in [-0.25, -0.2) is 9.37 Å². The van der Waals surface area contributed by atoms with Gasteiger partial charge in [-0.05, 0) is 42.8 Å². The molecule has 1 unspecified atom stereocenters. The van der Waals surface area contributed by atoms with Gasteiger partial charge in [-0.2, -0.15) is 26.3 Å². The van der Waals surface area contributed by atoms with Crippen molar-refractivity contribution in [2.75, 3.05) is 23.4 Å². The van der Waals surface area contributed by atoms with E-state index in [1.165, 1.54) is 19.2 Å². The molecule has 1 aliphatic rings. The third-order valence-corrected chi connectivity index (χ3v) is 4.57. The van der Waals surface area contributed by atoms with Crippen molar-refractivity contribution in [3.05, 3.63) is 53.5 Å². The fraction of sp³-hybridized carbons (Fsp3) is 0.333. The smallest absolute Gasteiger partial charge is 0.344 e. The number of hydrogen-bond donors (Lipinski definition) is 0. The number of likely N-dealkylation sites (N-methyl/N-ethyl adjacent to an activating group) is 1. The molecule has 1 aromatic heterocycles. The van der Waals surface area contributed by atoms with E-state index >= 15 is 0 Å². The maximum atomic E-state index is 13.0. The number of hydrogen-bond acceptors (Lipinski definition) is 3. The van der Waals surface area contributed by atoms with Crippen molar-refractivity contribution in [1.82, 2.24) is 4.98 Å². The van der Waals surface area contributed by atoms with Crippen LogP contribution >= 0.6 is 0 Å². The number of nitrogens with zero attached hydrogens (tertiary/aromatic N) is 3. The number of rotatable bonds is 3. The van der Waals surface area contributed by atoms with Crippen LogP contribution in [-0.4, -0.2) is 30.5 Å². The van der Waals surface area contributed by atoms with Gasteiger partial charge in [0.1, 0.15) is 23.4 Å². The number of alkyl halides is 6. The summed E-state index contributed by atoms with van der Waals surface area (Å²) in [6.07, 6.45) is -9.86. The van der Waals surface area contributed by atoms with E-state index < -0.39 is 47.2 Å². The summed E-state index contributed by atoms with van der Waals surface area (Å²) in [6, 6.07) is 4.36. The third-order valence-electron chi connectivity index (χ3n) is 4.57. The molecule has 0 spiro atoms. The summed E-state index contributed by atoms with van der Waals surface area (Å²) >= 11 is 0. The van der Waals surface area contributed by atoms with Crippen LogP contribution < -0.4 is 9.80 Å². The molecule has 2 heterocycles. The predicted octanol–water partition coefficient (Wildman–Crippen LogP) is 4.50. The molecule has 2 aromatic rings. The fourth-order valence-electron chi connectivity index (χ4n) is 2.91. The molecule has 1 atom stereocenters. The highest BCUT2D eigenvalue weighted by Gasteiger charge is 2.42. The van der Waals surface area contributed by atoms with Crippen LogP contribution in [0.1, 0.15) is 17.7 Å². The second-order valence-corrected chi connectivity index (χ2v) is 6.47. The van der Waals surface area contributed by atoms with E-state index in [0.29, 0.717) is 11.8 Å². The van der Waals surface area contributed by atoms with Gasteiger partial charge < -0.3 is 9.80 Å². The lowest BCUT2D eigenvalue weighted by atomic mass is 10.0. The molecule has 29 heavy (non-hydrogen) atoms. The summed E-state index contributed by atoms with van der Waals surface area (Å²) in [6.45, 7) is 0.0687. The summed E-state index contributed by atoms with van der Waals surface area (Å²) in [5, 5.41) is 0. The summed E-state index contributed by atoms with van der Waals surface area (Å²) in [5.41, 5.74) is -2.86. The molecule has 1 aliphatic heterocycles. The lowest BCUT2D eigenvalue weighted by Gasteiger charge is -2.42. The largest absolute Gasteiger partial charge is 0.433 e. The van der Waals surface area contributed by atoms with Crippen LogP contribution in [0.4, 0.5) is 42.2 Å². The van der Waals surface area contributed by atoms with E-state index in [2.05, 4.69) is 4.98 Å². The first-order chi connectivity index (χ1) is 13.4. The van der Waals surface area contributed by atoms with Gasteiger partial charge >= 0.3 is 12.4 Å². The molecule has 0 saturated carbocycles. The summed E-state index contributed by atoms with van der Waals surface area (Å²) in [4.78, 5) is 18.2. The molecular weight excluding hydrogens is 407 g/mol. The highest BCUT2D eigenvalue weighted by atomic mass is 19.4. The fourth-order valence-corrected chi connectivity index (χ4v) is 2.91. The van der Waals surface area contributed by atoms with Gasteiger partial charge in [-0.15, -0.1) is 0 Å². The minimum absolute atomic E-state index is 0.0647. The molecule has 11 heteroatoms. The minimum atomic E-state index is -5.08. The molecular formula is C18H14F7N3O. The first-order valence-corrected chi connectivity index (χ1v) is 8.34. The van der Waals surface area contributed by atoms with E-state index in [1.54, 1.807) is 0 Å². The molecule has 1 amide bonds. The Hall–Kier alpha value is -2.85. The van der Waals surface area contributed by atoms with E-state index in [-0.39, 0.29) is 19.0 Å². The van der Waals surface area contributed by atoms with Crippen molar-refractivity contribution in [2.45, 2.75) is 24.8 Å². The van der Waals surface area contributed by atoms with Gasteiger partial charge in [-0.3, -0.25) is 4.79 Å². The van der Waals surface area contributed by atoms with Crippen LogP contribution in [0.15, 0.2) is 36.4 Å². The molecule has 3 rings (SSSR count). The number of halogens is 7. The zero-order valence-electron chi connectivity index (χ0n) is 14.9. The number of aromatic nitrogens is 1. The third kappa shape index (κ3) is 4.28. The number of anilines is 2. The van der Waals surface area contributed by atoms with Crippen LogP contribution in [0.2, 0.25) is 0 Å². The van der Waals surface area contributed by atoms with Crippen LogP contribution in [-0.2, 0) is 17.1 Å². The molecule has 0 radical (unpaired) electrons. The normalized spacial score (nSPS) is 17.1. The number of amides is 1. The Balaban J connectivity index is 1.90. The lowest BCUT2D eigenvalue weighted by Crippen LogP contribution is -2.57. The first-order valence-electron chi connectivity index (χ1n) is 8.34. The van der Waals surface area contributed by atoms with Gasteiger partial charge in [0.15, 0.2) is 0 Å². The molecule has 1 aromatic carbocycles. The highest BCUT2D eigenvalue weighted by Crippen LogP contribution is 2.38. The Bertz CT molecular complexity index is 877. The van der Waals surface area contributed by atoms with Gasteiger partial charge in [0.2, 0.25) is 5.91 Å². The maximum absolute atomic E-state index is 13.0. The van der Waals surface area contributed by atoms with Gasteiger partial charge in [0.25, 0.3) is 0 Å². The Morgan fingerprint density at radius 2 is 1.69 bits per heavy atom. The predicted molar refractivity (Wildman–Crippen MR) is 89.8 cm³/mol. The van der Waals surface area contributed by atoms with Crippen molar-refractivity contribution >= 4 is 17.4 Å². The second-order valence-electron chi connectivity index (χ2n) is 6.47. The Kier molecular flexibility index (Phi) is 5.18. The van der Waals surface area contributed by atoms with Crippen LogP contribution in [0.25, 0.3) is 0 Å². The van der Waals surface area contributed by atoms with Crippen LogP contribution in [0.3, 0.4) is 0 Å². The summed E-state index contributed by atoms with van der Waals surface area (Å²) < 4.78 is 91.2. The average Bonchev–Trinajstić information content (AvgIpc) is 2.59. The zero-order chi connectivity index (χ0) is 21.6. The van der Waals surface area contributed by atoms with Crippen molar-refractivity contribution in [3.8, 4) is 0 Å². The highest BCUT2D eigenvalue weighted by molar-refractivity contribution is 5.99. The number of benzene rings is 1.